The second-order valence-corrected chi connectivity index (χ2v) is 4.77. The first kappa shape index (κ1) is 12.6. The van der Waals surface area contributed by atoms with Crippen molar-refractivity contribution in [1.29, 1.82) is 5.26 Å². The van der Waals surface area contributed by atoms with Gasteiger partial charge in [0, 0.05) is 18.7 Å². The number of hydrogen-bond acceptors (Lipinski definition) is 2. The van der Waals surface area contributed by atoms with Gasteiger partial charge in [0.05, 0.1) is 12.0 Å². The third-order valence-electron chi connectivity index (χ3n) is 3.50. The number of amides is 1. The van der Waals surface area contributed by atoms with Crippen molar-refractivity contribution in [2.24, 2.45) is 5.92 Å². The molecule has 3 nitrogen and oxygen atoms in total. The van der Waals surface area contributed by atoms with Gasteiger partial charge in [0.1, 0.15) is 0 Å². The molecule has 0 aromatic heterocycles. The van der Waals surface area contributed by atoms with Gasteiger partial charge in [-0.15, -0.1) is 0 Å². The average Bonchev–Trinajstić information content (AvgIpc) is 2.46. The van der Waals surface area contributed by atoms with Crippen molar-refractivity contribution in [2.75, 3.05) is 13.1 Å². The highest BCUT2D eigenvalue weighted by atomic mass is 16.2. The van der Waals surface area contributed by atoms with Crippen LogP contribution in [-0.2, 0) is 6.42 Å². The molecule has 1 unspecified atom stereocenters. The molecule has 0 N–H and O–H groups in total. The first-order chi connectivity index (χ1) is 8.74. The third kappa shape index (κ3) is 2.70. The van der Waals surface area contributed by atoms with E-state index in [-0.39, 0.29) is 11.8 Å². The zero-order chi connectivity index (χ0) is 13.0. The first-order valence-corrected chi connectivity index (χ1v) is 6.52. The number of carbonyl (C=O) groups excluding carboxylic acids is 1. The molecule has 1 fully saturated rings. The lowest BCUT2D eigenvalue weighted by molar-refractivity contribution is 0.0699. The summed E-state index contributed by atoms with van der Waals surface area (Å²) in [6.45, 7) is 3.44. The van der Waals surface area contributed by atoms with Crippen LogP contribution in [0.4, 0.5) is 0 Å². The molecule has 1 aromatic rings. The van der Waals surface area contributed by atoms with Crippen molar-refractivity contribution < 1.29 is 4.79 Å². The molecule has 1 aliphatic rings. The van der Waals surface area contributed by atoms with E-state index in [0.29, 0.717) is 6.54 Å². The van der Waals surface area contributed by atoms with Gasteiger partial charge in [0.2, 0.25) is 0 Å². The van der Waals surface area contributed by atoms with Gasteiger partial charge in [-0.05, 0) is 37.0 Å². The molecule has 2 rings (SSSR count). The Morgan fingerprint density at radius 1 is 1.44 bits per heavy atom. The van der Waals surface area contributed by atoms with Gasteiger partial charge < -0.3 is 4.90 Å². The second-order valence-electron chi connectivity index (χ2n) is 4.77. The van der Waals surface area contributed by atoms with Gasteiger partial charge >= 0.3 is 0 Å². The van der Waals surface area contributed by atoms with Crippen LogP contribution in [0.5, 0.6) is 0 Å². The van der Waals surface area contributed by atoms with Crippen LogP contribution in [0.15, 0.2) is 24.3 Å². The molecule has 1 aromatic carbocycles. The van der Waals surface area contributed by atoms with E-state index in [2.05, 4.69) is 13.0 Å². The highest BCUT2D eigenvalue weighted by Gasteiger charge is 2.24. The summed E-state index contributed by atoms with van der Waals surface area (Å²) in [4.78, 5) is 14.1. The normalized spacial score (nSPS) is 19.3. The summed E-state index contributed by atoms with van der Waals surface area (Å²) in [5, 5.41) is 8.94. The minimum Gasteiger partial charge on any atom is -0.337 e. The van der Waals surface area contributed by atoms with Crippen molar-refractivity contribution in [3.63, 3.8) is 0 Å². The van der Waals surface area contributed by atoms with Crippen LogP contribution in [0.3, 0.4) is 0 Å². The van der Waals surface area contributed by atoms with Gasteiger partial charge in [0.15, 0.2) is 0 Å². The van der Waals surface area contributed by atoms with E-state index in [1.165, 1.54) is 5.56 Å². The van der Waals surface area contributed by atoms with E-state index < -0.39 is 0 Å². The van der Waals surface area contributed by atoms with Crippen molar-refractivity contribution >= 4 is 5.91 Å². The fourth-order valence-corrected chi connectivity index (χ4v) is 2.33. The maximum Gasteiger partial charge on any atom is 0.253 e. The number of nitriles is 1. The Kier molecular flexibility index (Phi) is 3.99. The minimum atomic E-state index is -0.00221. The summed E-state index contributed by atoms with van der Waals surface area (Å²) in [6, 6.07) is 10.0. The fraction of sp³-hybridized carbons (Fsp3) is 0.467. The predicted octanol–water partition coefficient (Wildman–Crippen LogP) is 2.62. The molecule has 0 aliphatic carbocycles. The maximum atomic E-state index is 12.3. The molecule has 1 atom stereocenters. The Morgan fingerprint density at radius 3 is 2.78 bits per heavy atom. The highest BCUT2D eigenvalue weighted by Crippen LogP contribution is 2.18. The molecule has 18 heavy (non-hydrogen) atoms. The Labute approximate surface area is 108 Å². The van der Waals surface area contributed by atoms with Crippen LogP contribution >= 0.6 is 0 Å². The van der Waals surface area contributed by atoms with Crippen LogP contribution in [0.25, 0.3) is 0 Å². The van der Waals surface area contributed by atoms with E-state index >= 15 is 0 Å². The lowest BCUT2D eigenvalue weighted by Crippen LogP contribution is -2.39. The monoisotopic (exact) mass is 242 g/mol. The van der Waals surface area contributed by atoms with Gasteiger partial charge in [0.25, 0.3) is 5.91 Å². The number of carbonyl (C=O) groups is 1. The lowest BCUT2D eigenvalue weighted by Gasteiger charge is -2.29. The summed E-state index contributed by atoms with van der Waals surface area (Å²) in [7, 11) is 0. The van der Waals surface area contributed by atoms with Crippen molar-refractivity contribution in [2.45, 2.75) is 26.2 Å². The summed E-state index contributed by atoms with van der Waals surface area (Å²) < 4.78 is 0. The number of nitrogens with zero attached hydrogens (tertiary/aromatic N) is 2. The number of rotatable bonds is 2. The average molecular weight is 242 g/mol. The third-order valence-corrected chi connectivity index (χ3v) is 3.50. The molecule has 3 heteroatoms. The minimum absolute atomic E-state index is 0.00221. The standard InChI is InChI=1S/C15H18N2O/c1-2-12-5-7-14(8-6-12)15(18)17-9-3-4-13(10-16)11-17/h5-8,13H,2-4,9,11H2,1H3. The Balaban J connectivity index is 2.08. The smallest absolute Gasteiger partial charge is 0.253 e. The largest absolute Gasteiger partial charge is 0.337 e. The Bertz CT molecular complexity index is 458. The molecular formula is C15H18N2O. The van der Waals surface area contributed by atoms with E-state index in [9.17, 15) is 4.79 Å². The van der Waals surface area contributed by atoms with E-state index in [1.54, 1.807) is 4.90 Å². The van der Waals surface area contributed by atoms with Gasteiger partial charge in [-0.3, -0.25) is 4.79 Å². The fourth-order valence-electron chi connectivity index (χ4n) is 2.33. The summed E-state index contributed by atoms with van der Waals surface area (Å²) in [5.41, 5.74) is 1.96. The van der Waals surface area contributed by atoms with Crippen molar-refractivity contribution in [3.05, 3.63) is 35.4 Å². The van der Waals surface area contributed by atoms with Crippen LogP contribution < -0.4 is 0 Å². The summed E-state index contributed by atoms with van der Waals surface area (Å²) in [6.07, 6.45) is 2.82. The Morgan fingerprint density at radius 2 is 2.17 bits per heavy atom. The zero-order valence-electron chi connectivity index (χ0n) is 10.7. The molecule has 1 aliphatic heterocycles. The quantitative estimate of drug-likeness (QED) is 0.800. The van der Waals surface area contributed by atoms with Crippen molar-refractivity contribution in [1.82, 2.24) is 4.90 Å². The molecule has 0 saturated carbocycles. The molecule has 1 saturated heterocycles. The summed E-state index contributed by atoms with van der Waals surface area (Å²) in [5.74, 6) is 0.0511. The Hall–Kier alpha value is -1.82. The van der Waals surface area contributed by atoms with Crippen LogP contribution in [0.1, 0.15) is 35.7 Å². The SMILES string of the molecule is CCc1ccc(C(=O)N2CCCC(C#N)C2)cc1. The van der Waals surface area contributed by atoms with E-state index in [0.717, 1.165) is 31.4 Å². The van der Waals surface area contributed by atoms with E-state index in [4.69, 9.17) is 5.26 Å². The highest BCUT2D eigenvalue weighted by molar-refractivity contribution is 5.94. The summed E-state index contributed by atoms with van der Waals surface area (Å²) >= 11 is 0. The van der Waals surface area contributed by atoms with Crippen LogP contribution in [0.2, 0.25) is 0 Å². The molecule has 0 radical (unpaired) electrons. The maximum absolute atomic E-state index is 12.3. The number of benzene rings is 1. The first-order valence-electron chi connectivity index (χ1n) is 6.52. The lowest BCUT2D eigenvalue weighted by atomic mass is 9.99. The zero-order valence-corrected chi connectivity index (χ0v) is 10.7. The number of hydrogen-bond donors (Lipinski definition) is 0. The topological polar surface area (TPSA) is 44.1 Å². The van der Waals surface area contributed by atoms with Gasteiger partial charge in [-0.1, -0.05) is 19.1 Å². The predicted molar refractivity (Wildman–Crippen MR) is 70.1 cm³/mol. The molecule has 1 heterocycles. The molecule has 94 valence electrons. The van der Waals surface area contributed by atoms with Gasteiger partial charge in [-0.2, -0.15) is 5.26 Å². The van der Waals surface area contributed by atoms with E-state index in [1.807, 2.05) is 24.3 Å². The van der Waals surface area contributed by atoms with Crippen LogP contribution in [0, 0.1) is 17.2 Å². The molecular weight excluding hydrogens is 224 g/mol. The van der Waals surface area contributed by atoms with Crippen molar-refractivity contribution in [3.8, 4) is 6.07 Å². The van der Waals surface area contributed by atoms with Crippen LogP contribution in [-0.4, -0.2) is 23.9 Å². The molecule has 0 bridgehead atoms. The molecule has 1 amide bonds. The number of likely N-dealkylation sites (tertiary alicyclic amines) is 1. The number of piperidine rings is 1. The molecule has 0 spiro atoms. The van der Waals surface area contributed by atoms with Gasteiger partial charge in [-0.25, -0.2) is 0 Å². The second kappa shape index (κ2) is 5.68. The number of aryl methyl sites for hydroxylation is 1.